The lowest BCUT2D eigenvalue weighted by Gasteiger charge is -2.34. The van der Waals surface area contributed by atoms with Crippen LogP contribution < -0.4 is 16.0 Å². The third kappa shape index (κ3) is 16.8. The summed E-state index contributed by atoms with van der Waals surface area (Å²) in [6, 6.07) is 57.6. The van der Waals surface area contributed by atoms with Gasteiger partial charge in [0.1, 0.15) is 0 Å². The monoisotopic (exact) mass is 1420 g/mol. The minimum Gasteiger partial charge on any atom is -0.373 e. The van der Waals surface area contributed by atoms with E-state index in [2.05, 4.69) is 60.8 Å². The van der Waals surface area contributed by atoms with Crippen molar-refractivity contribution in [3.8, 4) is 39.6 Å². The highest BCUT2D eigenvalue weighted by molar-refractivity contribution is 7.89. The summed E-state index contributed by atoms with van der Waals surface area (Å²) >= 11 is 19.3. The zero-order valence-corrected chi connectivity index (χ0v) is 57.7. The second kappa shape index (κ2) is 31.2. The Morgan fingerprint density at radius 1 is 0.475 bits per heavy atom. The van der Waals surface area contributed by atoms with Crippen molar-refractivity contribution in [1.82, 2.24) is 53.9 Å². The van der Waals surface area contributed by atoms with Gasteiger partial charge in [-0.1, -0.05) is 89.8 Å². The highest BCUT2D eigenvalue weighted by Gasteiger charge is 2.32. The number of hydrogen-bond donors (Lipinski definition) is 3. The number of rotatable bonds is 14. The predicted molar refractivity (Wildman–Crippen MR) is 396 cm³/mol. The molecule has 2 atom stereocenters. The van der Waals surface area contributed by atoms with Gasteiger partial charge in [0, 0.05) is 83.1 Å². The van der Waals surface area contributed by atoms with Crippen LogP contribution in [0, 0.1) is 0 Å². The van der Waals surface area contributed by atoms with E-state index in [1.54, 1.807) is 102 Å². The molecule has 3 N–H and O–H groups in total. The number of sulfonamides is 1. The zero-order valence-electron chi connectivity index (χ0n) is 54.7. The van der Waals surface area contributed by atoms with Crippen molar-refractivity contribution in [3.05, 3.63) is 269 Å². The lowest BCUT2D eigenvalue weighted by Crippen LogP contribution is -2.48. The fourth-order valence-electron chi connectivity index (χ4n) is 11.7. The van der Waals surface area contributed by atoms with E-state index in [1.807, 2.05) is 117 Å². The molecule has 0 aliphatic carbocycles. The first-order chi connectivity index (χ1) is 49.0. The van der Waals surface area contributed by atoms with Gasteiger partial charge >= 0.3 is 0 Å². The molecular formula is C77H65Cl3N14O6S. The molecule has 0 radical (unpaired) electrons. The highest BCUT2D eigenvalue weighted by atomic mass is 35.5. The number of morpholine rings is 1. The molecule has 13 aromatic rings. The number of fused-ring (bicyclic) bond motifs is 3. The van der Waals surface area contributed by atoms with Gasteiger partial charge in [0.2, 0.25) is 10.0 Å². The van der Waals surface area contributed by atoms with Crippen molar-refractivity contribution in [2.75, 3.05) is 42.1 Å². The molecular weight excluding hydrogens is 1360 g/mol. The molecule has 24 heteroatoms. The normalized spacial score (nSPS) is 14.8. The summed E-state index contributed by atoms with van der Waals surface area (Å²) in [5, 5.41) is 14.4. The Morgan fingerprint density at radius 2 is 0.891 bits per heavy atom. The number of amides is 3. The van der Waals surface area contributed by atoms with E-state index in [4.69, 9.17) is 39.5 Å². The second-order valence-electron chi connectivity index (χ2n) is 24.2. The second-order valence-corrected chi connectivity index (χ2v) is 27.3. The van der Waals surface area contributed by atoms with Gasteiger partial charge in [-0.2, -0.15) is 9.40 Å². The number of carbonyl (C=O) groups excluding carboxylic acids is 3. The van der Waals surface area contributed by atoms with Gasteiger partial charge in [0.05, 0.1) is 107 Å². The van der Waals surface area contributed by atoms with Crippen molar-refractivity contribution in [2.24, 2.45) is 0 Å². The number of anilines is 3. The number of nitrogens with zero attached hydrogens (tertiary/aromatic N) is 11. The van der Waals surface area contributed by atoms with E-state index in [-0.39, 0.29) is 47.9 Å². The van der Waals surface area contributed by atoms with Crippen molar-refractivity contribution >= 4 is 113 Å². The van der Waals surface area contributed by atoms with Gasteiger partial charge in [-0.05, 0) is 191 Å². The number of pyridine rings is 1. The lowest BCUT2D eigenvalue weighted by atomic mass is 10.1. The fraction of sp³-hybridized carbons (Fsp3) is 0.156. The molecule has 2 unspecified atom stereocenters. The largest absolute Gasteiger partial charge is 0.373 e. The van der Waals surface area contributed by atoms with Crippen LogP contribution in [0.1, 0.15) is 69.7 Å². The van der Waals surface area contributed by atoms with Gasteiger partial charge in [-0.3, -0.25) is 34.2 Å². The number of hydrogen-bond acceptors (Lipinski definition) is 15. The number of halogens is 3. The Bertz CT molecular complexity index is 5280. The van der Waals surface area contributed by atoms with Crippen LogP contribution in [0.5, 0.6) is 0 Å². The molecule has 20 nitrogen and oxygen atoms in total. The van der Waals surface area contributed by atoms with Crippen LogP contribution in [0.2, 0.25) is 15.1 Å². The minimum atomic E-state index is -3.69. The molecule has 2 aliphatic heterocycles. The number of aromatic nitrogens is 9. The number of nitrogens with one attached hydrogen (secondary N) is 3. The Balaban J connectivity index is 0.000000136. The summed E-state index contributed by atoms with van der Waals surface area (Å²) in [5.41, 5.74) is 13.0. The average molecular weight is 1420 g/mol. The smallest absolute Gasteiger partial charge is 0.257 e. The Hall–Kier alpha value is -10.8. The lowest BCUT2D eigenvalue weighted by molar-refractivity contribution is -0.0440. The maximum Gasteiger partial charge on any atom is 0.257 e. The zero-order chi connectivity index (χ0) is 70.0. The van der Waals surface area contributed by atoms with Crippen LogP contribution >= 0.6 is 34.8 Å². The summed E-state index contributed by atoms with van der Waals surface area (Å²) in [6.45, 7) is 7.52. The number of ether oxygens (including phenoxy) is 1. The minimum absolute atomic E-state index is 0.133. The van der Waals surface area contributed by atoms with Crippen molar-refractivity contribution in [3.63, 3.8) is 0 Å². The third-order valence-corrected chi connectivity index (χ3v) is 19.6. The molecule has 2 fully saturated rings. The predicted octanol–water partition coefficient (Wildman–Crippen LogP) is 16.0. The number of carbonyl (C=O) groups is 3. The molecule has 15 rings (SSSR count). The summed E-state index contributed by atoms with van der Waals surface area (Å²) in [7, 11) is -3.69. The first kappa shape index (κ1) is 68.8. The Labute approximate surface area is 597 Å². The number of piperidine rings is 1. The molecule has 7 heterocycles. The van der Waals surface area contributed by atoms with E-state index in [9.17, 15) is 22.8 Å². The molecule has 3 amide bonds. The van der Waals surface area contributed by atoms with Crippen LogP contribution in [0.15, 0.2) is 236 Å². The highest BCUT2D eigenvalue weighted by Crippen LogP contribution is 2.34. The van der Waals surface area contributed by atoms with Crippen LogP contribution in [-0.4, -0.2) is 118 Å². The van der Waals surface area contributed by atoms with Crippen LogP contribution in [0.4, 0.5) is 17.1 Å². The SMILES string of the molecule is CC1CN(S(=O)(=O)c2ccc(C(=O)Nc3ccc(Cl)c(-c4cnc5ccccc5n4)c3)cc2)CC(C)O1.O=C(Nc1ccc(Cl)c(-c2cnc3ccccc3n2)c1)c1ccc(-n2cccn2)nc1.O=C(Nc1ccc(Cl)c(-c2cnc3ccccc3n2)c1)c1ccc(CN2CCCCC2)cc1. The van der Waals surface area contributed by atoms with Crippen molar-refractivity contribution < 1.29 is 27.5 Å². The summed E-state index contributed by atoms with van der Waals surface area (Å²) in [4.78, 5) is 72.7. The van der Waals surface area contributed by atoms with Gasteiger partial charge < -0.3 is 20.7 Å². The van der Waals surface area contributed by atoms with Crippen LogP contribution in [0.3, 0.4) is 0 Å². The molecule has 8 aromatic carbocycles. The van der Waals surface area contributed by atoms with E-state index < -0.39 is 10.0 Å². The first-order valence-corrected chi connectivity index (χ1v) is 35.1. The van der Waals surface area contributed by atoms with Crippen LogP contribution in [-0.2, 0) is 21.3 Å². The summed E-state index contributed by atoms with van der Waals surface area (Å²) < 4.78 is 34.9. The maximum absolute atomic E-state index is 13.1. The first-order valence-electron chi connectivity index (χ1n) is 32.6. The van der Waals surface area contributed by atoms with Gasteiger partial charge in [-0.25, -0.2) is 33.0 Å². The fourth-order valence-corrected chi connectivity index (χ4v) is 14.0. The molecule has 5 aromatic heterocycles. The molecule has 0 spiro atoms. The Kier molecular flexibility index (Phi) is 21.2. The van der Waals surface area contributed by atoms with Crippen molar-refractivity contribution in [2.45, 2.75) is 56.8 Å². The van der Waals surface area contributed by atoms with Gasteiger partial charge in [-0.15, -0.1) is 0 Å². The average Bonchev–Trinajstić information content (AvgIpc) is 1.52. The topological polar surface area (TPSA) is 245 Å². The number of para-hydroxylation sites is 6. The van der Waals surface area contributed by atoms with E-state index in [0.29, 0.717) is 82.8 Å². The van der Waals surface area contributed by atoms with Gasteiger partial charge in [0.25, 0.3) is 17.7 Å². The number of likely N-dealkylation sites (tertiary alicyclic amines) is 1. The van der Waals surface area contributed by atoms with Gasteiger partial charge in [0.15, 0.2) is 5.82 Å². The van der Waals surface area contributed by atoms with E-state index >= 15 is 0 Å². The van der Waals surface area contributed by atoms with Crippen LogP contribution in [0.25, 0.3) is 72.7 Å². The molecule has 2 aliphatic rings. The summed E-state index contributed by atoms with van der Waals surface area (Å²) in [5.74, 6) is -0.185. The van der Waals surface area contributed by atoms with E-state index in [0.717, 1.165) is 58.3 Å². The number of benzene rings is 8. The standard InChI is InChI=1S/C27H25ClN4O4S.C27H25ClN4O.C23H15ClN6O/c1-17-15-32(16-18(2)36-17)37(34,35)21-10-7-19(8-11-21)27(33)30-20-9-12-23(28)22(13-20)26-14-29-24-5-3-4-6-25(24)31-26;28-23-13-12-21(16-22(23)26-17-29-24-6-2-3-7-25(24)31-26)30-27(33)20-10-8-19(9-11-20)18-32-14-4-1-5-15-32;24-18-8-7-16(12-17(18)21-14-25-19-4-1-2-5-20(19)29-21)28-23(31)15-6-9-22(26-13-15)30-11-3-10-27-30/h3-14,17-18H,15-16H2,1-2H3,(H,30,33);2-3,6-13,16-17H,1,4-5,14-15,18H2,(H,30,33);1-14H,(H,28,31). The van der Waals surface area contributed by atoms with E-state index in [1.165, 1.54) is 59.6 Å². The quantitative estimate of drug-likeness (QED) is 0.0916. The maximum atomic E-state index is 13.1. The third-order valence-electron chi connectivity index (χ3n) is 16.8. The van der Waals surface area contributed by atoms with Crippen molar-refractivity contribution in [1.29, 1.82) is 0 Å². The molecule has 0 saturated carbocycles. The molecule has 2 saturated heterocycles. The molecule has 506 valence electrons. The molecule has 101 heavy (non-hydrogen) atoms. The molecule has 0 bridgehead atoms. The Morgan fingerprint density at radius 3 is 1.31 bits per heavy atom. The summed E-state index contributed by atoms with van der Waals surface area (Å²) in [6.07, 6.45) is 13.5.